The van der Waals surface area contributed by atoms with E-state index in [2.05, 4.69) is 0 Å². The van der Waals surface area contributed by atoms with Crippen LogP contribution in [-0.2, 0) is 11.3 Å². The maximum absolute atomic E-state index is 13.1. The highest BCUT2D eigenvalue weighted by Gasteiger charge is 2.23. The first kappa shape index (κ1) is 17.1. The number of piperidine rings is 1. The zero-order valence-corrected chi connectivity index (χ0v) is 14.4. The Morgan fingerprint density at radius 2 is 2.12 bits per heavy atom. The molecule has 0 spiro atoms. The van der Waals surface area contributed by atoms with Crippen molar-refractivity contribution >= 4 is 17.2 Å². The second-order valence-corrected chi connectivity index (χ2v) is 7.00. The smallest absolute Gasteiger partial charge is 0.254 e. The van der Waals surface area contributed by atoms with Gasteiger partial charge in [-0.1, -0.05) is 12.1 Å². The summed E-state index contributed by atoms with van der Waals surface area (Å²) in [5.74, 6) is 0.528. The molecule has 0 saturated carbocycles. The number of likely N-dealkylation sites (tertiary alicyclic amines) is 1. The van der Waals surface area contributed by atoms with Gasteiger partial charge in [-0.25, -0.2) is 4.39 Å². The van der Waals surface area contributed by atoms with Gasteiger partial charge in [-0.3, -0.25) is 4.79 Å². The number of hydrogen-bond donors (Lipinski definition) is 0. The first-order valence-electron chi connectivity index (χ1n) is 8.36. The van der Waals surface area contributed by atoms with E-state index in [1.807, 2.05) is 27.8 Å². The van der Waals surface area contributed by atoms with Crippen molar-refractivity contribution in [3.63, 3.8) is 0 Å². The van der Waals surface area contributed by atoms with Crippen molar-refractivity contribution in [3.05, 3.63) is 58.0 Å². The molecule has 5 heteroatoms. The van der Waals surface area contributed by atoms with Crippen LogP contribution >= 0.6 is 11.3 Å². The summed E-state index contributed by atoms with van der Waals surface area (Å²) in [6, 6.07) is 8.41. The highest BCUT2D eigenvalue weighted by Crippen LogP contribution is 2.22. The predicted molar refractivity (Wildman–Crippen MR) is 93.6 cm³/mol. The number of rotatable bonds is 6. The number of thiophene rings is 1. The Hall–Kier alpha value is -1.72. The van der Waals surface area contributed by atoms with Gasteiger partial charge in [0.25, 0.3) is 5.91 Å². The summed E-state index contributed by atoms with van der Waals surface area (Å²) in [4.78, 5) is 14.2. The highest BCUT2D eigenvalue weighted by molar-refractivity contribution is 7.08. The molecular formula is C19H22FNO2S. The summed E-state index contributed by atoms with van der Waals surface area (Å²) in [6.45, 7) is 2.78. The van der Waals surface area contributed by atoms with Crippen molar-refractivity contribution in [3.8, 4) is 0 Å². The lowest BCUT2D eigenvalue weighted by Gasteiger charge is -2.31. The minimum Gasteiger partial charge on any atom is -0.377 e. The van der Waals surface area contributed by atoms with Crippen LogP contribution < -0.4 is 0 Å². The van der Waals surface area contributed by atoms with Crippen molar-refractivity contribution in [2.45, 2.75) is 25.9 Å². The van der Waals surface area contributed by atoms with Gasteiger partial charge in [0.15, 0.2) is 0 Å². The standard InChI is InChI=1S/C19H22FNO2S/c20-18-3-1-2-16(12-18)13-23-10-6-15-4-8-21(9-5-15)19(22)17-7-11-24-14-17/h1-3,7,11-12,14-15H,4-6,8-10,13H2. The molecule has 3 rings (SSSR count). The average Bonchev–Trinajstić information content (AvgIpc) is 3.13. The van der Waals surface area contributed by atoms with Crippen LogP contribution in [0.25, 0.3) is 0 Å². The van der Waals surface area contributed by atoms with E-state index in [-0.39, 0.29) is 11.7 Å². The minimum atomic E-state index is -0.223. The van der Waals surface area contributed by atoms with Gasteiger partial charge in [-0.15, -0.1) is 0 Å². The molecule has 24 heavy (non-hydrogen) atoms. The van der Waals surface area contributed by atoms with Gasteiger partial charge in [0.2, 0.25) is 0 Å². The zero-order valence-electron chi connectivity index (χ0n) is 13.6. The average molecular weight is 347 g/mol. The zero-order chi connectivity index (χ0) is 16.8. The Bertz CT molecular complexity index is 651. The Morgan fingerprint density at radius 1 is 1.29 bits per heavy atom. The van der Waals surface area contributed by atoms with E-state index < -0.39 is 0 Å². The molecular weight excluding hydrogens is 325 g/mol. The molecule has 0 N–H and O–H groups in total. The van der Waals surface area contributed by atoms with Crippen LogP contribution in [0.2, 0.25) is 0 Å². The topological polar surface area (TPSA) is 29.5 Å². The normalized spacial score (nSPS) is 15.6. The summed E-state index contributed by atoms with van der Waals surface area (Å²) in [5, 5.41) is 3.85. The molecule has 0 bridgehead atoms. The summed E-state index contributed by atoms with van der Waals surface area (Å²) in [7, 11) is 0. The lowest BCUT2D eigenvalue weighted by Crippen LogP contribution is -2.38. The van der Waals surface area contributed by atoms with Gasteiger partial charge in [-0.05, 0) is 54.3 Å². The SMILES string of the molecule is O=C(c1ccsc1)N1CCC(CCOCc2cccc(F)c2)CC1. The number of amides is 1. The molecule has 1 saturated heterocycles. The number of carbonyl (C=O) groups excluding carboxylic acids is 1. The molecule has 0 unspecified atom stereocenters. The van der Waals surface area contributed by atoms with Crippen LogP contribution in [0, 0.1) is 11.7 Å². The highest BCUT2D eigenvalue weighted by atomic mass is 32.1. The first-order chi connectivity index (χ1) is 11.7. The Kier molecular flexibility index (Phi) is 5.99. The third kappa shape index (κ3) is 4.65. The van der Waals surface area contributed by atoms with E-state index in [0.29, 0.717) is 19.1 Å². The third-order valence-electron chi connectivity index (χ3n) is 4.50. The predicted octanol–water partition coefficient (Wildman–Crippen LogP) is 4.35. The van der Waals surface area contributed by atoms with Crippen molar-refractivity contribution < 1.29 is 13.9 Å². The summed E-state index contributed by atoms with van der Waals surface area (Å²) in [5.41, 5.74) is 1.67. The van der Waals surface area contributed by atoms with Gasteiger partial charge in [0.05, 0.1) is 12.2 Å². The van der Waals surface area contributed by atoms with Crippen molar-refractivity contribution in [1.29, 1.82) is 0 Å². The maximum Gasteiger partial charge on any atom is 0.254 e. The van der Waals surface area contributed by atoms with Gasteiger partial charge >= 0.3 is 0 Å². The summed E-state index contributed by atoms with van der Waals surface area (Å²) >= 11 is 1.56. The van der Waals surface area contributed by atoms with Crippen LogP contribution in [0.15, 0.2) is 41.1 Å². The van der Waals surface area contributed by atoms with Crippen LogP contribution in [0.3, 0.4) is 0 Å². The fourth-order valence-electron chi connectivity index (χ4n) is 3.06. The fourth-order valence-corrected chi connectivity index (χ4v) is 3.69. The number of benzene rings is 1. The lowest BCUT2D eigenvalue weighted by atomic mass is 9.93. The lowest BCUT2D eigenvalue weighted by molar-refractivity contribution is 0.0639. The third-order valence-corrected chi connectivity index (χ3v) is 5.18. The monoisotopic (exact) mass is 347 g/mol. The van der Waals surface area contributed by atoms with Crippen LogP contribution in [0.4, 0.5) is 4.39 Å². The number of ether oxygens (including phenoxy) is 1. The van der Waals surface area contributed by atoms with Crippen LogP contribution in [-0.4, -0.2) is 30.5 Å². The van der Waals surface area contributed by atoms with Crippen molar-refractivity contribution in [2.75, 3.05) is 19.7 Å². The minimum absolute atomic E-state index is 0.150. The molecule has 0 atom stereocenters. The summed E-state index contributed by atoms with van der Waals surface area (Å²) in [6.07, 6.45) is 3.05. The molecule has 1 aliphatic rings. The molecule has 1 aromatic carbocycles. The van der Waals surface area contributed by atoms with Crippen LogP contribution in [0.5, 0.6) is 0 Å². The number of halogens is 1. The van der Waals surface area contributed by atoms with E-state index in [9.17, 15) is 9.18 Å². The first-order valence-corrected chi connectivity index (χ1v) is 9.30. The molecule has 1 amide bonds. The van der Waals surface area contributed by atoms with Crippen molar-refractivity contribution in [1.82, 2.24) is 4.90 Å². The molecule has 1 aromatic heterocycles. The van der Waals surface area contributed by atoms with Crippen molar-refractivity contribution in [2.24, 2.45) is 5.92 Å². The van der Waals surface area contributed by atoms with E-state index in [1.54, 1.807) is 17.4 Å². The van der Waals surface area contributed by atoms with Gasteiger partial charge in [0.1, 0.15) is 5.82 Å². The largest absolute Gasteiger partial charge is 0.377 e. The molecule has 2 heterocycles. The van der Waals surface area contributed by atoms with Gasteiger partial charge < -0.3 is 9.64 Å². The molecule has 128 valence electrons. The summed E-state index contributed by atoms with van der Waals surface area (Å²) < 4.78 is 18.7. The quantitative estimate of drug-likeness (QED) is 0.727. The molecule has 2 aromatic rings. The number of hydrogen-bond acceptors (Lipinski definition) is 3. The number of nitrogens with zero attached hydrogens (tertiary/aromatic N) is 1. The number of carbonyl (C=O) groups is 1. The molecule has 1 fully saturated rings. The van der Waals surface area contributed by atoms with Gasteiger partial charge in [0, 0.05) is 25.1 Å². The van der Waals surface area contributed by atoms with E-state index in [1.165, 1.54) is 12.1 Å². The van der Waals surface area contributed by atoms with E-state index in [0.717, 1.165) is 43.5 Å². The Labute approximate surface area is 146 Å². The molecule has 1 aliphatic heterocycles. The molecule has 0 radical (unpaired) electrons. The Morgan fingerprint density at radius 3 is 2.83 bits per heavy atom. The fraction of sp³-hybridized carbons (Fsp3) is 0.421. The second kappa shape index (κ2) is 8.40. The molecule has 3 nitrogen and oxygen atoms in total. The molecule has 0 aliphatic carbocycles. The van der Waals surface area contributed by atoms with Crippen LogP contribution in [0.1, 0.15) is 35.2 Å². The maximum atomic E-state index is 13.1. The second-order valence-electron chi connectivity index (χ2n) is 6.22. The van der Waals surface area contributed by atoms with Gasteiger partial charge in [-0.2, -0.15) is 11.3 Å². The van der Waals surface area contributed by atoms with E-state index >= 15 is 0 Å². The van der Waals surface area contributed by atoms with E-state index in [4.69, 9.17) is 4.74 Å². The Balaban J connectivity index is 1.34.